The molecule has 15 heavy (non-hydrogen) atoms. The van der Waals surface area contributed by atoms with E-state index in [1.54, 1.807) is 4.90 Å². The van der Waals surface area contributed by atoms with E-state index in [9.17, 15) is 4.79 Å². The number of nitrogens with one attached hydrogen (secondary N) is 1. The van der Waals surface area contributed by atoms with Crippen LogP contribution in [0.1, 0.15) is 12.8 Å². The lowest BCUT2D eigenvalue weighted by Crippen LogP contribution is -2.33. The van der Waals surface area contributed by atoms with Crippen LogP contribution >= 0.6 is 0 Å². The predicted molar refractivity (Wildman–Crippen MR) is 55.5 cm³/mol. The van der Waals surface area contributed by atoms with E-state index in [0.29, 0.717) is 25.9 Å². The summed E-state index contributed by atoms with van der Waals surface area (Å²) in [6.07, 6.45) is 2.02. The highest BCUT2D eigenvalue weighted by Crippen LogP contribution is 1.93. The third kappa shape index (κ3) is 7.44. The summed E-state index contributed by atoms with van der Waals surface area (Å²) in [7, 11) is 0. The Morgan fingerprint density at radius 2 is 2.20 bits per heavy atom. The van der Waals surface area contributed by atoms with Gasteiger partial charge in [0, 0.05) is 19.5 Å². The third-order valence-electron chi connectivity index (χ3n) is 1.76. The van der Waals surface area contributed by atoms with E-state index in [0.717, 1.165) is 0 Å². The molecule has 0 heterocycles. The summed E-state index contributed by atoms with van der Waals surface area (Å²) in [5.41, 5.74) is 5.26. The molecule has 0 aromatic heterocycles. The summed E-state index contributed by atoms with van der Waals surface area (Å²) >= 11 is 0. The molecule has 0 saturated heterocycles. The van der Waals surface area contributed by atoms with Crippen molar-refractivity contribution < 1.29 is 15.1 Å². The second kappa shape index (κ2) is 7.74. The molecule has 86 valence electrons. The second-order valence-corrected chi connectivity index (χ2v) is 3.00. The van der Waals surface area contributed by atoms with Crippen LogP contribution in [0.4, 0.5) is 0 Å². The summed E-state index contributed by atoms with van der Waals surface area (Å²) in [6, 6.07) is 0. The third-order valence-corrected chi connectivity index (χ3v) is 1.76. The number of nitrogens with zero attached hydrogens (tertiary/aromatic N) is 2. The number of nitrogens with two attached hydrogens (primary N) is 1. The normalized spacial score (nSPS) is 11.7. The molecule has 0 aliphatic heterocycles. The minimum absolute atomic E-state index is 0.0697. The molecule has 7 nitrogen and oxygen atoms in total. The molecule has 0 fully saturated rings. The Bertz CT molecular complexity index is 242. The molecule has 0 radical (unpaired) electrons. The summed E-state index contributed by atoms with van der Waals surface area (Å²) < 4.78 is 0. The van der Waals surface area contributed by atoms with E-state index in [1.165, 1.54) is 6.21 Å². The van der Waals surface area contributed by atoms with Crippen LogP contribution in [0.25, 0.3) is 0 Å². The van der Waals surface area contributed by atoms with Gasteiger partial charge in [0.25, 0.3) is 0 Å². The first-order chi connectivity index (χ1) is 7.10. The van der Waals surface area contributed by atoms with Crippen LogP contribution in [0.2, 0.25) is 0 Å². The van der Waals surface area contributed by atoms with Gasteiger partial charge in [0.05, 0.1) is 6.54 Å². The smallest absolute Gasteiger partial charge is 0.317 e. The van der Waals surface area contributed by atoms with Crippen LogP contribution in [0.5, 0.6) is 0 Å². The first-order valence-electron chi connectivity index (χ1n) is 4.49. The molecule has 0 unspecified atom stereocenters. The van der Waals surface area contributed by atoms with E-state index >= 15 is 0 Å². The highest BCUT2D eigenvalue weighted by atomic mass is 16.4. The van der Waals surface area contributed by atoms with E-state index in [4.69, 9.17) is 21.5 Å². The molecular weight excluding hydrogens is 200 g/mol. The van der Waals surface area contributed by atoms with Crippen molar-refractivity contribution in [2.24, 2.45) is 10.9 Å². The van der Waals surface area contributed by atoms with Crippen LogP contribution < -0.4 is 5.73 Å². The Balaban J connectivity index is 3.99. The highest BCUT2D eigenvalue weighted by molar-refractivity contribution is 5.79. The van der Waals surface area contributed by atoms with E-state index in [2.05, 4.69) is 5.16 Å². The number of carbonyl (C=O) groups is 1. The maximum atomic E-state index is 10.5. The fourth-order valence-electron chi connectivity index (χ4n) is 1.03. The van der Waals surface area contributed by atoms with E-state index < -0.39 is 5.97 Å². The van der Waals surface area contributed by atoms with Gasteiger partial charge in [0.1, 0.15) is 5.84 Å². The largest absolute Gasteiger partial charge is 0.480 e. The lowest BCUT2D eigenvalue weighted by atomic mass is 10.3. The van der Waals surface area contributed by atoms with Crippen molar-refractivity contribution in [1.29, 1.82) is 5.41 Å². The molecule has 7 heteroatoms. The van der Waals surface area contributed by atoms with Gasteiger partial charge >= 0.3 is 5.97 Å². The molecule has 0 atom stereocenters. The summed E-state index contributed by atoms with van der Waals surface area (Å²) in [5.74, 6) is -0.861. The number of aliphatic carboxylic acids is 1. The fraction of sp³-hybridized carbons (Fsp3) is 0.625. The van der Waals surface area contributed by atoms with Gasteiger partial charge in [-0.15, -0.1) is 0 Å². The van der Waals surface area contributed by atoms with Gasteiger partial charge in [0.2, 0.25) is 0 Å². The Morgan fingerprint density at radius 3 is 2.67 bits per heavy atom. The molecule has 0 aliphatic carbocycles. The molecule has 0 saturated carbocycles. The quantitative estimate of drug-likeness (QED) is 0.189. The van der Waals surface area contributed by atoms with Crippen molar-refractivity contribution in [3.63, 3.8) is 0 Å². The van der Waals surface area contributed by atoms with Gasteiger partial charge in [-0.05, 0) is 12.6 Å². The van der Waals surface area contributed by atoms with Gasteiger partial charge in [0.15, 0.2) is 0 Å². The molecule has 0 rings (SSSR count). The first kappa shape index (κ1) is 13.4. The standard InChI is InChI=1S/C8H16N4O3/c9-3-1-4-12(6-8(13)14)5-2-7(10)11-15/h3,9,15H,1-2,4-6H2,(H2,10,11)(H,13,14). The summed E-state index contributed by atoms with van der Waals surface area (Å²) in [4.78, 5) is 12.1. The van der Waals surface area contributed by atoms with Crippen molar-refractivity contribution in [1.82, 2.24) is 4.90 Å². The lowest BCUT2D eigenvalue weighted by molar-refractivity contribution is -0.138. The zero-order valence-electron chi connectivity index (χ0n) is 8.39. The predicted octanol–water partition coefficient (Wildman–Crippen LogP) is -0.451. The van der Waals surface area contributed by atoms with Crippen molar-refractivity contribution in [2.75, 3.05) is 19.6 Å². The summed E-state index contributed by atoms with van der Waals surface area (Å²) in [5, 5.41) is 26.5. The maximum Gasteiger partial charge on any atom is 0.317 e. The van der Waals surface area contributed by atoms with Crippen LogP contribution in [-0.2, 0) is 4.79 Å². The number of oxime groups is 1. The fourth-order valence-corrected chi connectivity index (χ4v) is 1.03. The average molecular weight is 216 g/mol. The van der Waals surface area contributed by atoms with Gasteiger partial charge in [-0.25, -0.2) is 0 Å². The zero-order chi connectivity index (χ0) is 11.7. The molecule has 0 aromatic carbocycles. The minimum Gasteiger partial charge on any atom is -0.480 e. The van der Waals surface area contributed by atoms with Crippen LogP contribution in [0.15, 0.2) is 5.16 Å². The second-order valence-electron chi connectivity index (χ2n) is 3.00. The van der Waals surface area contributed by atoms with Gasteiger partial charge in [-0.2, -0.15) is 0 Å². The van der Waals surface area contributed by atoms with E-state index in [-0.39, 0.29) is 12.4 Å². The molecular formula is C8H16N4O3. The van der Waals surface area contributed by atoms with Crippen LogP contribution in [0.3, 0.4) is 0 Å². The number of hydrogen-bond donors (Lipinski definition) is 4. The number of carboxylic acids is 1. The van der Waals surface area contributed by atoms with Crippen LogP contribution in [0, 0.1) is 5.41 Å². The van der Waals surface area contributed by atoms with Crippen molar-refractivity contribution in [2.45, 2.75) is 12.8 Å². The average Bonchev–Trinajstić information content (AvgIpc) is 2.20. The van der Waals surface area contributed by atoms with Crippen molar-refractivity contribution in [3.05, 3.63) is 0 Å². The molecule has 0 aliphatic rings. The topological polar surface area (TPSA) is 123 Å². The molecule has 0 spiro atoms. The number of rotatable bonds is 8. The van der Waals surface area contributed by atoms with Crippen molar-refractivity contribution in [3.8, 4) is 0 Å². The van der Waals surface area contributed by atoms with Gasteiger partial charge in [-0.1, -0.05) is 5.16 Å². The Hall–Kier alpha value is -1.63. The number of amidine groups is 1. The minimum atomic E-state index is -0.931. The maximum absolute atomic E-state index is 10.5. The monoisotopic (exact) mass is 216 g/mol. The number of carboxylic acid groups (broad SMARTS) is 1. The molecule has 0 bridgehead atoms. The Morgan fingerprint density at radius 1 is 1.53 bits per heavy atom. The van der Waals surface area contributed by atoms with E-state index in [1.807, 2.05) is 0 Å². The molecule has 0 aromatic rings. The van der Waals surface area contributed by atoms with Gasteiger partial charge in [-0.3, -0.25) is 9.69 Å². The Labute approximate surface area is 87.7 Å². The number of hydrogen-bond acceptors (Lipinski definition) is 5. The van der Waals surface area contributed by atoms with Crippen molar-refractivity contribution >= 4 is 18.0 Å². The molecule has 0 amide bonds. The molecule has 5 N–H and O–H groups in total. The lowest BCUT2D eigenvalue weighted by Gasteiger charge is -2.18. The SMILES string of the molecule is N=CCCN(CC/C(N)=N/O)CC(=O)O. The Kier molecular flexibility index (Phi) is 6.90. The van der Waals surface area contributed by atoms with Crippen LogP contribution in [-0.4, -0.2) is 52.9 Å². The highest BCUT2D eigenvalue weighted by Gasteiger charge is 2.09. The summed E-state index contributed by atoms with van der Waals surface area (Å²) in [6.45, 7) is 0.775. The first-order valence-corrected chi connectivity index (χ1v) is 4.49. The zero-order valence-corrected chi connectivity index (χ0v) is 8.39. The van der Waals surface area contributed by atoms with Gasteiger partial charge < -0.3 is 21.5 Å².